The van der Waals surface area contributed by atoms with Crippen LogP contribution in [0.4, 0.5) is 0 Å². The van der Waals surface area contributed by atoms with Gasteiger partial charge < -0.3 is 21.1 Å². The van der Waals surface area contributed by atoms with Gasteiger partial charge >= 0.3 is 5.97 Å². The molecular weight excluding hydrogens is 530 g/mol. The van der Waals surface area contributed by atoms with Crippen LogP contribution in [0.15, 0.2) is 42.5 Å². The Morgan fingerprint density at radius 1 is 1.00 bits per heavy atom. The normalized spacial score (nSPS) is 29.4. The number of allylic oxidation sites excluding steroid dienone is 1. The number of aliphatic hydroxyl groups is 1. The van der Waals surface area contributed by atoms with E-state index in [2.05, 4.69) is 16.0 Å². The molecule has 1 fully saturated rings. The van der Waals surface area contributed by atoms with Crippen molar-refractivity contribution in [2.75, 3.05) is 11.5 Å². The molecule has 0 saturated carbocycles. The van der Waals surface area contributed by atoms with E-state index in [1.54, 1.807) is 36.8 Å². The van der Waals surface area contributed by atoms with Crippen molar-refractivity contribution in [3.63, 3.8) is 0 Å². The van der Waals surface area contributed by atoms with Crippen LogP contribution in [0.5, 0.6) is 0 Å². The third kappa shape index (κ3) is 9.64. The first-order valence-corrected chi connectivity index (χ1v) is 15.1. The Kier molecular flexibility index (Phi) is 12.0. The molecule has 0 aromatic heterocycles. The molecule has 38 heavy (non-hydrogen) atoms. The van der Waals surface area contributed by atoms with E-state index in [9.17, 15) is 24.3 Å². The monoisotopic (exact) mass is 565 g/mol. The summed E-state index contributed by atoms with van der Waals surface area (Å²) in [5.41, 5.74) is 0.864. The van der Waals surface area contributed by atoms with Gasteiger partial charge in [0.15, 0.2) is 6.23 Å². The van der Waals surface area contributed by atoms with Gasteiger partial charge in [-0.25, -0.2) is 4.79 Å². The average Bonchev–Trinajstić information content (AvgIpc) is 2.87. The average molecular weight is 566 g/mol. The summed E-state index contributed by atoms with van der Waals surface area (Å²) in [6.45, 7) is 3.61. The Morgan fingerprint density at radius 3 is 2.50 bits per heavy atom. The van der Waals surface area contributed by atoms with E-state index in [0.29, 0.717) is 12.2 Å². The van der Waals surface area contributed by atoms with Crippen molar-refractivity contribution < 1.29 is 34.1 Å². The maximum Gasteiger partial charge on any atom is 0.345 e. The van der Waals surface area contributed by atoms with E-state index in [-0.39, 0.29) is 24.5 Å². The van der Waals surface area contributed by atoms with Crippen LogP contribution >= 0.6 is 21.6 Å². The lowest BCUT2D eigenvalue weighted by Crippen LogP contribution is -2.56. The molecule has 4 N–H and O–H groups in total. The van der Waals surface area contributed by atoms with Crippen molar-refractivity contribution in [1.82, 2.24) is 16.0 Å². The second kappa shape index (κ2) is 15.2. The number of rotatable bonds is 3. The molecule has 1 aromatic rings. The van der Waals surface area contributed by atoms with Crippen molar-refractivity contribution in [1.29, 1.82) is 0 Å². The summed E-state index contributed by atoms with van der Waals surface area (Å²) in [4.78, 5) is 62.3. The quantitative estimate of drug-likeness (QED) is 0.245. The Labute approximate surface area is 230 Å². The number of hydrogen-bond donors (Lipinski definition) is 4. The molecule has 1 aromatic carbocycles. The predicted molar refractivity (Wildman–Crippen MR) is 145 cm³/mol. The van der Waals surface area contributed by atoms with E-state index in [4.69, 9.17) is 9.78 Å². The molecule has 0 unspecified atom stereocenters. The topological polar surface area (TPSA) is 143 Å². The lowest BCUT2D eigenvalue weighted by Gasteiger charge is -2.30. The largest absolute Gasteiger partial charge is 0.390 e. The Balaban J connectivity index is 1.97. The van der Waals surface area contributed by atoms with E-state index < -0.39 is 60.4 Å². The minimum absolute atomic E-state index is 0.175. The molecule has 5 atom stereocenters. The van der Waals surface area contributed by atoms with Gasteiger partial charge in [-0.15, -0.1) is 0 Å². The molecule has 0 spiro atoms. The van der Waals surface area contributed by atoms with Crippen molar-refractivity contribution in [3.8, 4) is 0 Å². The summed E-state index contributed by atoms with van der Waals surface area (Å²) in [6, 6.07) is 7.61. The van der Waals surface area contributed by atoms with Crippen LogP contribution in [0.25, 0.3) is 0 Å². The van der Waals surface area contributed by atoms with Gasteiger partial charge in [0.1, 0.15) is 6.04 Å². The zero-order valence-corrected chi connectivity index (χ0v) is 23.1. The summed E-state index contributed by atoms with van der Waals surface area (Å²) in [5.74, 6) is -2.26. The summed E-state index contributed by atoms with van der Waals surface area (Å²) < 4.78 is 0. The molecule has 12 heteroatoms. The minimum Gasteiger partial charge on any atom is -0.390 e. The fraction of sp³-hybridized carbons (Fsp3) is 0.538. The number of benzene rings is 1. The SMILES string of the molecule is CC(C)[C@@H]1NC(=O)[C@H]2CSSCC/C=C\[C@H](NC(=O)C[C@H](Cc3ccccc3)C(=O)N2)OOC(=O)C[C@@H]1O. The van der Waals surface area contributed by atoms with E-state index in [0.717, 1.165) is 5.56 Å². The van der Waals surface area contributed by atoms with Gasteiger partial charge in [-0.2, -0.15) is 4.89 Å². The third-order valence-corrected chi connectivity index (χ3v) is 8.57. The predicted octanol–water partition coefficient (Wildman–Crippen LogP) is 1.88. The lowest BCUT2D eigenvalue weighted by atomic mass is 9.94. The van der Waals surface area contributed by atoms with Gasteiger partial charge in [0.25, 0.3) is 0 Å². The van der Waals surface area contributed by atoms with Gasteiger partial charge in [-0.05, 0) is 30.4 Å². The van der Waals surface area contributed by atoms with Crippen LogP contribution in [-0.2, 0) is 35.4 Å². The van der Waals surface area contributed by atoms with Crippen LogP contribution < -0.4 is 16.0 Å². The lowest BCUT2D eigenvalue weighted by molar-refractivity contribution is -0.294. The zero-order valence-electron chi connectivity index (χ0n) is 21.5. The summed E-state index contributed by atoms with van der Waals surface area (Å²) in [5, 5.41) is 19.0. The fourth-order valence-corrected chi connectivity index (χ4v) is 6.25. The second-order valence-electron chi connectivity index (χ2n) is 9.56. The van der Waals surface area contributed by atoms with Gasteiger partial charge in [-0.1, -0.05) is 71.8 Å². The molecule has 2 aliphatic rings. The number of amides is 3. The van der Waals surface area contributed by atoms with Gasteiger partial charge in [0.2, 0.25) is 17.7 Å². The second-order valence-corrected chi connectivity index (χ2v) is 12.2. The van der Waals surface area contributed by atoms with E-state index >= 15 is 0 Å². The Morgan fingerprint density at radius 2 is 1.76 bits per heavy atom. The molecule has 3 rings (SSSR count). The van der Waals surface area contributed by atoms with Crippen LogP contribution in [-0.4, -0.2) is 64.7 Å². The zero-order chi connectivity index (χ0) is 27.5. The van der Waals surface area contributed by atoms with Gasteiger partial charge in [0, 0.05) is 17.9 Å². The molecule has 208 valence electrons. The van der Waals surface area contributed by atoms with Crippen LogP contribution in [0.2, 0.25) is 0 Å². The highest BCUT2D eigenvalue weighted by atomic mass is 33.1. The Hall–Kier alpha value is -2.54. The summed E-state index contributed by atoms with van der Waals surface area (Å²) in [6.07, 6.45) is 1.33. The number of aliphatic hydroxyl groups excluding tert-OH is 1. The molecule has 10 nitrogen and oxygen atoms in total. The molecule has 1 saturated heterocycles. The number of fused-ring (bicyclic) bond motifs is 7. The van der Waals surface area contributed by atoms with Crippen LogP contribution in [0.1, 0.15) is 38.7 Å². The van der Waals surface area contributed by atoms with E-state index in [1.807, 2.05) is 30.3 Å². The Bertz CT molecular complexity index is 992. The van der Waals surface area contributed by atoms with Gasteiger partial charge in [0.05, 0.1) is 24.5 Å². The number of carbonyl (C=O) groups excluding carboxylic acids is 4. The fourth-order valence-electron chi connectivity index (χ4n) is 4.09. The molecule has 2 bridgehead atoms. The molecule has 2 heterocycles. The highest BCUT2D eigenvalue weighted by molar-refractivity contribution is 8.76. The van der Waals surface area contributed by atoms with Crippen molar-refractivity contribution >= 4 is 45.3 Å². The molecule has 0 aliphatic carbocycles. The smallest absolute Gasteiger partial charge is 0.345 e. The van der Waals surface area contributed by atoms with Crippen LogP contribution in [0, 0.1) is 11.8 Å². The standard InChI is InChI=1S/C26H35N3O7S2/c1-16(2)24-20(30)14-23(32)36-35-22-10-6-7-11-37-38-15-19(26(34)29-24)27-25(33)18(13-21(31)28-22)12-17-8-4-3-5-9-17/h3-6,8-10,16,18-20,22,24,30H,7,11-15H2,1-2H3,(H,27,33)(H,28,31)(H,29,34)/b10-6-/t18-,19+,20-,22+,24-/m0/s1. The summed E-state index contributed by atoms with van der Waals surface area (Å²) >= 11 is 0. The number of nitrogens with one attached hydrogen (secondary N) is 3. The molecule has 0 radical (unpaired) electrons. The molecular formula is C26H35N3O7S2. The number of hydrogen-bond acceptors (Lipinski definition) is 9. The number of carbonyl (C=O) groups is 4. The highest BCUT2D eigenvalue weighted by Gasteiger charge is 2.33. The van der Waals surface area contributed by atoms with Gasteiger partial charge in [-0.3, -0.25) is 19.3 Å². The van der Waals surface area contributed by atoms with Crippen LogP contribution in [0.3, 0.4) is 0 Å². The molecule has 3 amide bonds. The first-order valence-electron chi connectivity index (χ1n) is 12.6. The van der Waals surface area contributed by atoms with E-state index in [1.165, 1.54) is 10.8 Å². The first kappa shape index (κ1) is 30.0. The molecule has 2 aliphatic heterocycles. The third-order valence-electron chi connectivity index (χ3n) is 6.12. The van der Waals surface area contributed by atoms with Crippen molar-refractivity contribution in [2.45, 2.75) is 63.9 Å². The first-order chi connectivity index (χ1) is 18.2. The summed E-state index contributed by atoms with van der Waals surface area (Å²) in [7, 11) is 2.99. The van der Waals surface area contributed by atoms with Crippen molar-refractivity contribution in [3.05, 3.63) is 48.0 Å². The maximum atomic E-state index is 13.5. The maximum absolute atomic E-state index is 13.5. The van der Waals surface area contributed by atoms with Crippen molar-refractivity contribution in [2.24, 2.45) is 11.8 Å². The minimum atomic E-state index is -1.26. The highest BCUT2D eigenvalue weighted by Crippen LogP contribution is 2.24.